The largest absolute Gasteiger partial charge is 0.496 e. The van der Waals surface area contributed by atoms with Crippen molar-refractivity contribution in [3.8, 4) is 5.75 Å². The topological polar surface area (TPSA) is 79.5 Å². The van der Waals surface area contributed by atoms with Gasteiger partial charge < -0.3 is 4.74 Å². The molecule has 0 bridgehead atoms. The first-order valence-corrected chi connectivity index (χ1v) is 9.06. The molecular formula is C18H15FIN3O3S. The Labute approximate surface area is 174 Å². The summed E-state index contributed by atoms with van der Waals surface area (Å²) in [5, 5.41) is 2.31. The van der Waals surface area contributed by atoms with Crippen molar-refractivity contribution in [2.24, 2.45) is 0 Å². The van der Waals surface area contributed by atoms with E-state index in [4.69, 9.17) is 17.0 Å². The molecule has 0 unspecified atom stereocenters. The van der Waals surface area contributed by atoms with E-state index in [-0.39, 0.29) is 10.9 Å². The lowest BCUT2D eigenvalue weighted by atomic mass is 10.2. The summed E-state index contributed by atoms with van der Waals surface area (Å²) in [7, 11) is 1.55. The number of ether oxygens (including phenoxy) is 1. The lowest BCUT2D eigenvalue weighted by molar-refractivity contribution is -0.115. The Hall–Kier alpha value is -2.53. The third-order valence-electron chi connectivity index (χ3n) is 3.24. The average molecular weight is 499 g/mol. The third-order valence-corrected chi connectivity index (χ3v) is 4.28. The number of hydrazine groups is 1. The monoisotopic (exact) mass is 499 g/mol. The zero-order chi connectivity index (χ0) is 19.8. The van der Waals surface area contributed by atoms with E-state index in [9.17, 15) is 14.0 Å². The first-order valence-electron chi connectivity index (χ1n) is 7.57. The fourth-order valence-electron chi connectivity index (χ4n) is 1.92. The predicted molar refractivity (Wildman–Crippen MR) is 112 cm³/mol. The van der Waals surface area contributed by atoms with Crippen molar-refractivity contribution in [3.05, 3.63) is 69.1 Å². The number of nitrogens with one attached hydrogen (secondary N) is 3. The van der Waals surface area contributed by atoms with Crippen LogP contribution in [-0.4, -0.2) is 24.0 Å². The van der Waals surface area contributed by atoms with Crippen molar-refractivity contribution >= 4 is 57.8 Å². The molecule has 3 N–H and O–H groups in total. The second-order valence-electron chi connectivity index (χ2n) is 5.13. The lowest BCUT2D eigenvalue weighted by Gasteiger charge is -2.10. The highest BCUT2D eigenvalue weighted by atomic mass is 127. The van der Waals surface area contributed by atoms with Crippen molar-refractivity contribution < 1.29 is 18.7 Å². The van der Waals surface area contributed by atoms with E-state index in [2.05, 4.69) is 38.8 Å². The summed E-state index contributed by atoms with van der Waals surface area (Å²) in [6, 6.07) is 10.6. The van der Waals surface area contributed by atoms with E-state index in [0.29, 0.717) is 16.9 Å². The minimum atomic E-state index is -0.495. The molecule has 2 amide bonds. The van der Waals surface area contributed by atoms with Crippen LogP contribution in [0.2, 0.25) is 0 Å². The molecule has 9 heteroatoms. The molecule has 6 nitrogen and oxygen atoms in total. The van der Waals surface area contributed by atoms with Gasteiger partial charge in [0.15, 0.2) is 5.11 Å². The number of hydrogen-bond donors (Lipinski definition) is 3. The molecule has 0 aliphatic carbocycles. The van der Waals surface area contributed by atoms with Crippen LogP contribution in [0.4, 0.5) is 4.39 Å². The molecule has 27 heavy (non-hydrogen) atoms. The van der Waals surface area contributed by atoms with Crippen LogP contribution in [0.3, 0.4) is 0 Å². The number of hydrogen-bond acceptors (Lipinski definition) is 4. The maximum atomic E-state index is 12.8. The van der Waals surface area contributed by atoms with Gasteiger partial charge in [0.2, 0.25) is 5.91 Å². The van der Waals surface area contributed by atoms with Gasteiger partial charge in [-0.25, -0.2) is 4.39 Å². The maximum Gasteiger partial charge on any atom is 0.269 e. The molecule has 0 aliphatic rings. The molecule has 0 atom stereocenters. The Balaban J connectivity index is 1.82. The Bertz CT molecular complexity index is 888. The van der Waals surface area contributed by atoms with Crippen LogP contribution in [0.1, 0.15) is 15.9 Å². The van der Waals surface area contributed by atoms with E-state index in [0.717, 1.165) is 3.57 Å². The van der Waals surface area contributed by atoms with Gasteiger partial charge in [-0.1, -0.05) is 12.1 Å². The Morgan fingerprint density at radius 3 is 2.48 bits per heavy atom. The SMILES string of the molecule is COc1ccc(C(=O)NNC(=S)NC(=O)/C=C/c2ccc(F)cc2)cc1I. The first kappa shape index (κ1) is 20.8. The summed E-state index contributed by atoms with van der Waals surface area (Å²) >= 11 is 7.01. The molecule has 2 aromatic carbocycles. The van der Waals surface area contributed by atoms with Crippen molar-refractivity contribution in [2.45, 2.75) is 0 Å². The van der Waals surface area contributed by atoms with E-state index < -0.39 is 11.8 Å². The van der Waals surface area contributed by atoms with Gasteiger partial charge in [0, 0.05) is 11.6 Å². The molecule has 0 fully saturated rings. The average Bonchev–Trinajstić information content (AvgIpc) is 2.65. The number of thiocarbonyl (C=S) groups is 1. The molecule has 0 radical (unpaired) electrons. The number of methoxy groups -OCH3 is 1. The van der Waals surface area contributed by atoms with Crippen molar-refractivity contribution in [1.29, 1.82) is 0 Å². The molecule has 2 aromatic rings. The molecule has 0 saturated carbocycles. The van der Waals surface area contributed by atoms with E-state index in [1.54, 1.807) is 25.3 Å². The summed E-state index contributed by atoms with van der Waals surface area (Å²) < 4.78 is 18.7. The van der Waals surface area contributed by atoms with Gasteiger partial charge in [0.1, 0.15) is 11.6 Å². The summed E-state index contributed by atoms with van der Waals surface area (Å²) in [5.74, 6) is -0.612. The minimum Gasteiger partial charge on any atom is -0.496 e. The Kier molecular flexibility index (Phi) is 7.67. The van der Waals surface area contributed by atoms with Crippen LogP contribution in [0.5, 0.6) is 5.75 Å². The molecule has 0 heterocycles. The summed E-state index contributed by atoms with van der Waals surface area (Å²) in [6.45, 7) is 0. The zero-order valence-corrected chi connectivity index (χ0v) is 17.1. The minimum absolute atomic E-state index is 0.0692. The van der Waals surface area contributed by atoms with Crippen LogP contribution in [0.25, 0.3) is 6.08 Å². The fraction of sp³-hybridized carbons (Fsp3) is 0.0556. The molecule has 0 spiro atoms. The number of rotatable bonds is 4. The van der Waals surface area contributed by atoms with Gasteiger partial charge in [0.05, 0.1) is 10.7 Å². The van der Waals surface area contributed by atoms with Gasteiger partial charge >= 0.3 is 0 Å². The van der Waals surface area contributed by atoms with Crippen molar-refractivity contribution in [2.75, 3.05) is 7.11 Å². The van der Waals surface area contributed by atoms with E-state index >= 15 is 0 Å². The highest BCUT2D eigenvalue weighted by Crippen LogP contribution is 2.21. The zero-order valence-electron chi connectivity index (χ0n) is 14.1. The number of halogens is 2. The van der Waals surface area contributed by atoms with Crippen LogP contribution in [0.15, 0.2) is 48.5 Å². The second-order valence-corrected chi connectivity index (χ2v) is 6.70. The van der Waals surface area contributed by atoms with E-state index in [1.165, 1.54) is 36.4 Å². The normalized spacial score (nSPS) is 10.3. The van der Waals surface area contributed by atoms with Crippen LogP contribution >= 0.6 is 34.8 Å². The molecule has 140 valence electrons. The maximum absolute atomic E-state index is 12.8. The Morgan fingerprint density at radius 2 is 1.85 bits per heavy atom. The standard InChI is InChI=1S/C18H15FIN3O3S/c1-26-15-8-5-12(10-14(15)20)17(25)22-23-18(27)21-16(24)9-4-11-2-6-13(19)7-3-11/h2-10H,1H3,(H,22,25)(H2,21,23,24,27)/b9-4+. The summed E-state index contributed by atoms with van der Waals surface area (Å²) in [6.07, 6.45) is 2.75. The molecule has 0 aromatic heterocycles. The van der Waals surface area contributed by atoms with Gasteiger partial charge in [-0.3, -0.25) is 25.8 Å². The van der Waals surface area contributed by atoms with Crippen LogP contribution in [-0.2, 0) is 4.79 Å². The summed E-state index contributed by atoms with van der Waals surface area (Å²) in [5.41, 5.74) is 5.90. The number of amides is 2. The highest BCUT2D eigenvalue weighted by Gasteiger charge is 2.09. The predicted octanol–water partition coefficient (Wildman–Crippen LogP) is 2.79. The second kappa shape index (κ2) is 9.97. The number of carbonyl (C=O) groups is 2. The van der Waals surface area contributed by atoms with Crippen LogP contribution in [0, 0.1) is 9.39 Å². The lowest BCUT2D eigenvalue weighted by Crippen LogP contribution is -2.48. The van der Waals surface area contributed by atoms with Gasteiger partial charge in [-0.15, -0.1) is 0 Å². The van der Waals surface area contributed by atoms with Gasteiger partial charge in [-0.05, 0) is 76.8 Å². The quantitative estimate of drug-likeness (QED) is 0.261. The Morgan fingerprint density at radius 1 is 1.15 bits per heavy atom. The number of benzene rings is 2. The molecule has 0 aliphatic heterocycles. The van der Waals surface area contributed by atoms with E-state index in [1.807, 2.05) is 0 Å². The van der Waals surface area contributed by atoms with Gasteiger partial charge in [-0.2, -0.15) is 0 Å². The van der Waals surface area contributed by atoms with Crippen LogP contribution < -0.4 is 20.9 Å². The van der Waals surface area contributed by atoms with Crippen molar-refractivity contribution in [3.63, 3.8) is 0 Å². The third kappa shape index (κ3) is 6.61. The smallest absolute Gasteiger partial charge is 0.269 e. The molecule has 2 rings (SSSR count). The number of carbonyl (C=O) groups excluding carboxylic acids is 2. The highest BCUT2D eigenvalue weighted by molar-refractivity contribution is 14.1. The fourth-order valence-corrected chi connectivity index (χ4v) is 2.81. The van der Waals surface area contributed by atoms with Gasteiger partial charge in [0.25, 0.3) is 5.91 Å². The summed E-state index contributed by atoms with van der Waals surface area (Å²) in [4.78, 5) is 23.9. The van der Waals surface area contributed by atoms with Crippen molar-refractivity contribution in [1.82, 2.24) is 16.2 Å². The molecule has 0 saturated heterocycles. The first-order chi connectivity index (χ1) is 12.9. The molecular weight excluding hydrogens is 484 g/mol.